The van der Waals surface area contributed by atoms with Crippen LogP contribution in [0.2, 0.25) is 0 Å². The summed E-state index contributed by atoms with van der Waals surface area (Å²) in [5, 5.41) is 0. The van der Waals surface area contributed by atoms with Gasteiger partial charge in [0.1, 0.15) is 18.1 Å². The van der Waals surface area contributed by atoms with Crippen LogP contribution in [0, 0.1) is 29.1 Å². The maximum Gasteiger partial charge on any atom is 0.142 e. The first-order valence-electron chi connectivity index (χ1n) is 13.0. The van der Waals surface area contributed by atoms with Crippen LogP contribution in [-0.2, 0) is 17.8 Å². The van der Waals surface area contributed by atoms with Gasteiger partial charge in [-0.1, -0.05) is 69.2 Å². The second-order valence-electron chi connectivity index (χ2n) is 11.0. The van der Waals surface area contributed by atoms with E-state index in [0.717, 1.165) is 37.9 Å². The number of carbonyl (C=O) groups excluding carboxylic acids is 1. The summed E-state index contributed by atoms with van der Waals surface area (Å²) < 4.78 is 6.18. The molecule has 6 atom stereocenters. The SMILES string of the molecule is C=CCC1C[C@H]2[C@@H]3C(CCC)Cc4cc(OCc5ccccc5)ccc4[C@H]3CC[C@]2(C)C1=O. The molecule has 0 saturated heterocycles. The highest BCUT2D eigenvalue weighted by atomic mass is 16.5. The van der Waals surface area contributed by atoms with Crippen LogP contribution in [-0.4, -0.2) is 5.78 Å². The molecule has 5 rings (SSSR count). The summed E-state index contributed by atoms with van der Waals surface area (Å²) in [6, 6.07) is 17.2. The first kappa shape index (κ1) is 22.4. The van der Waals surface area contributed by atoms with Crippen molar-refractivity contribution in [2.24, 2.45) is 29.1 Å². The first-order chi connectivity index (χ1) is 16.0. The molecule has 0 heterocycles. The normalized spacial score (nSPS) is 32.5. The molecule has 0 bridgehead atoms. The Hall–Kier alpha value is -2.35. The first-order valence-corrected chi connectivity index (χ1v) is 13.0. The average Bonchev–Trinajstić information content (AvgIpc) is 3.08. The van der Waals surface area contributed by atoms with Crippen molar-refractivity contribution in [3.63, 3.8) is 0 Å². The van der Waals surface area contributed by atoms with E-state index in [-0.39, 0.29) is 11.3 Å². The van der Waals surface area contributed by atoms with E-state index in [1.165, 1.54) is 29.5 Å². The fourth-order valence-electron chi connectivity index (χ4n) is 7.60. The van der Waals surface area contributed by atoms with Gasteiger partial charge in [0.15, 0.2) is 0 Å². The average molecular weight is 443 g/mol. The van der Waals surface area contributed by atoms with Crippen LogP contribution in [0.4, 0.5) is 0 Å². The molecular formula is C31H38O2. The van der Waals surface area contributed by atoms with Crippen LogP contribution < -0.4 is 4.74 Å². The molecule has 2 unspecified atom stereocenters. The highest BCUT2D eigenvalue weighted by Gasteiger charge is 2.59. The third kappa shape index (κ3) is 3.96. The lowest BCUT2D eigenvalue weighted by Gasteiger charge is -2.51. The Morgan fingerprint density at radius 1 is 1.18 bits per heavy atom. The number of allylic oxidation sites excluding steroid dienone is 1. The summed E-state index contributed by atoms with van der Waals surface area (Å²) in [4.78, 5) is 13.4. The Labute approximate surface area is 199 Å². The molecule has 0 radical (unpaired) electrons. The molecule has 33 heavy (non-hydrogen) atoms. The smallest absolute Gasteiger partial charge is 0.142 e. The van der Waals surface area contributed by atoms with Crippen LogP contribution in [0.5, 0.6) is 5.75 Å². The standard InChI is InChI=1S/C31H38O2/c1-4-9-22-17-24-18-25(33-20-21-11-7-6-8-12-21)13-14-26(24)27-15-16-31(3)28(29(22)27)19-23(10-5-2)30(31)32/h5-8,11-14,18,22-23,27-29H,2,4,9-10,15-17,19-20H2,1,3H3/t22?,23?,27-,28+,29-,31+/m1/s1. The van der Waals surface area contributed by atoms with Crippen molar-refractivity contribution in [3.8, 4) is 5.75 Å². The zero-order chi connectivity index (χ0) is 23.0. The summed E-state index contributed by atoms with van der Waals surface area (Å²) in [5.41, 5.74) is 4.08. The second kappa shape index (κ2) is 9.12. The highest BCUT2D eigenvalue weighted by Crippen LogP contribution is 2.63. The van der Waals surface area contributed by atoms with Crippen molar-refractivity contribution in [3.05, 3.63) is 77.9 Å². The van der Waals surface area contributed by atoms with E-state index in [2.05, 4.69) is 62.9 Å². The maximum atomic E-state index is 13.4. The molecule has 2 saturated carbocycles. The van der Waals surface area contributed by atoms with E-state index in [9.17, 15) is 4.79 Å². The van der Waals surface area contributed by atoms with Crippen molar-refractivity contribution in [1.29, 1.82) is 0 Å². The molecule has 2 aromatic carbocycles. The Balaban J connectivity index is 1.42. The molecule has 174 valence electrons. The number of hydrogen-bond donors (Lipinski definition) is 0. The Kier molecular flexibility index (Phi) is 6.20. The minimum Gasteiger partial charge on any atom is -0.489 e. The van der Waals surface area contributed by atoms with Crippen molar-refractivity contribution in [2.75, 3.05) is 0 Å². The molecule has 0 spiro atoms. The number of carbonyl (C=O) groups is 1. The number of hydrogen-bond acceptors (Lipinski definition) is 2. The predicted molar refractivity (Wildman–Crippen MR) is 134 cm³/mol. The number of Topliss-reactive ketones (excluding diaryl/α,β-unsaturated/α-hetero) is 1. The number of ether oxygens (including phenoxy) is 1. The van der Waals surface area contributed by atoms with Crippen LogP contribution in [0.15, 0.2) is 61.2 Å². The van der Waals surface area contributed by atoms with Gasteiger partial charge >= 0.3 is 0 Å². The fourth-order valence-corrected chi connectivity index (χ4v) is 7.60. The predicted octanol–water partition coefficient (Wildman–Crippen LogP) is 7.52. The van der Waals surface area contributed by atoms with E-state index < -0.39 is 0 Å². The van der Waals surface area contributed by atoms with Crippen LogP contribution >= 0.6 is 0 Å². The Morgan fingerprint density at radius 3 is 2.76 bits per heavy atom. The van der Waals surface area contributed by atoms with Gasteiger partial charge in [-0.15, -0.1) is 6.58 Å². The summed E-state index contributed by atoms with van der Waals surface area (Å²) in [6.07, 6.45) is 9.63. The van der Waals surface area contributed by atoms with Crippen LogP contribution in [0.1, 0.15) is 75.0 Å². The van der Waals surface area contributed by atoms with Gasteiger partial charge in [-0.3, -0.25) is 4.79 Å². The lowest BCUT2D eigenvalue weighted by atomic mass is 9.52. The third-order valence-electron chi connectivity index (χ3n) is 9.09. The molecule has 3 aliphatic rings. The van der Waals surface area contributed by atoms with E-state index >= 15 is 0 Å². The summed E-state index contributed by atoms with van der Waals surface area (Å²) in [6.45, 7) is 9.14. The van der Waals surface area contributed by atoms with Crippen molar-refractivity contribution in [1.82, 2.24) is 0 Å². The largest absolute Gasteiger partial charge is 0.489 e. The van der Waals surface area contributed by atoms with Gasteiger partial charge in [0.2, 0.25) is 0 Å². The molecule has 3 aliphatic carbocycles. The van der Waals surface area contributed by atoms with Crippen molar-refractivity contribution < 1.29 is 9.53 Å². The molecule has 0 N–H and O–H groups in total. The fraction of sp³-hybridized carbons (Fsp3) is 0.516. The minimum atomic E-state index is -0.128. The topological polar surface area (TPSA) is 26.3 Å². The van der Waals surface area contributed by atoms with E-state index in [4.69, 9.17) is 4.74 Å². The number of fused-ring (bicyclic) bond motifs is 5. The molecule has 2 nitrogen and oxygen atoms in total. The molecule has 0 aliphatic heterocycles. The van der Waals surface area contributed by atoms with E-state index in [0.29, 0.717) is 36.1 Å². The highest BCUT2D eigenvalue weighted by molar-refractivity contribution is 5.89. The molecule has 2 aromatic rings. The monoisotopic (exact) mass is 442 g/mol. The number of benzene rings is 2. The van der Waals surface area contributed by atoms with E-state index in [1.54, 1.807) is 0 Å². The van der Waals surface area contributed by atoms with Crippen LogP contribution in [0.3, 0.4) is 0 Å². The van der Waals surface area contributed by atoms with Gasteiger partial charge in [0, 0.05) is 11.3 Å². The second-order valence-corrected chi connectivity index (χ2v) is 11.0. The molecule has 2 fully saturated rings. The van der Waals surface area contributed by atoms with E-state index in [1.807, 2.05) is 12.1 Å². The number of rotatable bonds is 7. The molecule has 0 amide bonds. The van der Waals surface area contributed by atoms with Gasteiger partial charge in [-0.2, -0.15) is 0 Å². The third-order valence-corrected chi connectivity index (χ3v) is 9.09. The summed E-state index contributed by atoms with van der Waals surface area (Å²) >= 11 is 0. The number of ketones is 1. The molecular weight excluding hydrogens is 404 g/mol. The maximum absolute atomic E-state index is 13.4. The summed E-state index contributed by atoms with van der Waals surface area (Å²) in [7, 11) is 0. The molecule has 0 aromatic heterocycles. The lowest BCUT2D eigenvalue weighted by Crippen LogP contribution is -2.46. The Bertz CT molecular complexity index is 1010. The lowest BCUT2D eigenvalue weighted by molar-refractivity contribution is -0.132. The van der Waals surface area contributed by atoms with Gasteiger partial charge in [-0.05, 0) is 84.6 Å². The van der Waals surface area contributed by atoms with Crippen LogP contribution in [0.25, 0.3) is 0 Å². The minimum absolute atomic E-state index is 0.128. The van der Waals surface area contributed by atoms with Crippen molar-refractivity contribution >= 4 is 5.78 Å². The quantitative estimate of drug-likeness (QED) is 0.415. The van der Waals surface area contributed by atoms with Gasteiger partial charge in [0.05, 0.1) is 0 Å². The Morgan fingerprint density at radius 2 is 2.00 bits per heavy atom. The zero-order valence-corrected chi connectivity index (χ0v) is 20.3. The zero-order valence-electron chi connectivity index (χ0n) is 20.3. The van der Waals surface area contributed by atoms with Gasteiger partial charge in [-0.25, -0.2) is 0 Å². The summed E-state index contributed by atoms with van der Waals surface area (Å²) in [5.74, 6) is 4.09. The molecule has 2 heteroatoms. The van der Waals surface area contributed by atoms with Gasteiger partial charge in [0.25, 0.3) is 0 Å². The van der Waals surface area contributed by atoms with Crippen molar-refractivity contribution in [2.45, 2.75) is 71.3 Å². The van der Waals surface area contributed by atoms with Gasteiger partial charge < -0.3 is 4.74 Å².